The van der Waals surface area contributed by atoms with Crippen LogP contribution in [-0.2, 0) is 11.3 Å². The van der Waals surface area contributed by atoms with Crippen molar-refractivity contribution in [1.29, 1.82) is 0 Å². The Kier molecular flexibility index (Phi) is 5.19. The number of carbonyl (C=O) groups excluding carboxylic acids is 1. The molecule has 1 N–H and O–H groups in total. The minimum Gasteiger partial charge on any atom is -0.445 e. The number of nitrogens with one attached hydrogen (secondary N) is 1. The number of benzene rings is 1. The Bertz CT molecular complexity index is 459. The molecule has 1 aromatic carbocycles. The van der Waals surface area contributed by atoms with Gasteiger partial charge >= 0.3 is 12.3 Å². The fourth-order valence-electron chi connectivity index (χ4n) is 1.32. The van der Waals surface area contributed by atoms with Gasteiger partial charge in [0, 0.05) is 6.54 Å². The van der Waals surface area contributed by atoms with Crippen LogP contribution in [0.5, 0.6) is 0 Å². The normalized spacial score (nSPS) is 14.2. The smallest absolute Gasteiger partial charge is 0.407 e. The van der Waals surface area contributed by atoms with Gasteiger partial charge in [0.1, 0.15) is 6.61 Å². The van der Waals surface area contributed by atoms with Crippen molar-refractivity contribution in [2.75, 3.05) is 6.54 Å². The highest BCUT2D eigenvalue weighted by atomic mass is 19.4. The van der Waals surface area contributed by atoms with E-state index in [-0.39, 0.29) is 6.61 Å². The van der Waals surface area contributed by atoms with Crippen LogP contribution in [0.4, 0.5) is 18.0 Å². The molecule has 1 atom stereocenters. The summed E-state index contributed by atoms with van der Waals surface area (Å²) < 4.78 is 43.1. The number of rotatable bonds is 5. The number of alkyl carbamates (subject to hydrolysis) is 1. The molecule has 3 nitrogen and oxygen atoms in total. The number of amides is 1. The van der Waals surface area contributed by atoms with Crippen molar-refractivity contribution in [2.24, 2.45) is 5.41 Å². The molecule has 0 aliphatic carbocycles. The fraction of sp³-hybridized carbons (Fsp3) is 0.357. The van der Waals surface area contributed by atoms with Gasteiger partial charge < -0.3 is 10.1 Å². The zero-order chi connectivity index (χ0) is 15.2. The molecule has 1 rings (SSSR count). The molecule has 1 unspecified atom stereocenters. The predicted octanol–water partition coefficient (Wildman–Crippen LogP) is 3.67. The second kappa shape index (κ2) is 6.45. The Morgan fingerprint density at radius 1 is 1.35 bits per heavy atom. The number of ether oxygens (including phenoxy) is 1. The van der Waals surface area contributed by atoms with E-state index in [1.54, 1.807) is 24.3 Å². The van der Waals surface area contributed by atoms with Gasteiger partial charge in [-0.3, -0.25) is 0 Å². The average Bonchev–Trinajstić information content (AvgIpc) is 2.42. The zero-order valence-electron chi connectivity index (χ0n) is 11.0. The highest BCUT2D eigenvalue weighted by molar-refractivity contribution is 5.67. The Hall–Kier alpha value is -1.98. The van der Waals surface area contributed by atoms with Gasteiger partial charge in [-0.25, -0.2) is 4.79 Å². The summed E-state index contributed by atoms with van der Waals surface area (Å²) in [5.74, 6) is 0. The lowest BCUT2D eigenvalue weighted by molar-refractivity contribution is -0.197. The van der Waals surface area contributed by atoms with Gasteiger partial charge in [-0.05, 0) is 12.5 Å². The molecular weight excluding hydrogens is 271 g/mol. The van der Waals surface area contributed by atoms with Gasteiger partial charge in [0.05, 0.1) is 5.41 Å². The summed E-state index contributed by atoms with van der Waals surface area (Å²) in [5, 5.41) is 2.10. The molecule has 0 heterocycles. The van der Waals surface area contributed by atoms with Crippen LogP contribution in [0, 0.1) is 5.41 Å². The van der Waals surface area contributed by atoms with Crippen LogP contribution in [0.2, 0.25) is 0 Å². The first-order chi connectivity index (χ1) is 9.28. The summed E-state index contributed by atoms with van der Waals surface area (Å²) in [6, 6.07) is 8.85. The summed E-state index contributed by atoms with van der Waals surface area (Å²) >= 11 is 0. The molecule has 1 amide bonds. The largest absolute Gasteiger partial charge is 0.445 e. The van der Waals surface area contributed by atoms with Gasteiger partial charge in [0.15, 0.2) is 0 Å². The van der Waals surface area contributed by atoms with Crippen LogP contribution in [-0.4, -0.2) is 18.8 Å². The Balaban J connectivity index is 2.45. The third-order valence-electron chi connectivity index (χ3n) is 2.91. The molecule has 0 saturated carbocycles. The number of hydrogen-bond acceptors (Lipinski definition) is 2. The van der Waals surface area contributed by atoms with Crippen molar-refractivity contribution in [1.82, 2.24) is 5.32 Å². The topological polar surface area (TPSA) is 38.3 Å². The average molecular weight is 287 g/mol. The summed E-state index contributed by atoms with van der Waals surface area (Å²) in [6.07, 6.45) is -4.61. The van der Waals surface area contributed by atoms with Crippen molar-refractivity contribution < 1.29 is 22.7 Å². The third-order valence-corrected chi connectivity index (χ3v) is 2.91. The second-order valence-corrected chi connectivity index (χ2v) is 4.53. The van der Waals surface area contributed by atoms with Crippen LogP contribution in [0.25, 0.3) is 0 Å². The van der Waals surface area contributed by atoms with Crippen LogP contribution in [0.3, 0.4) is 0 Å². The second-order valence-electron chi connectivity index (χ2n) is 4.53. The van der Waals surface area contributed by atoms with E-state index in [1.807, 2.05) is 6.07 Å². The monoisotopic (exact) mass is 287 g/mol. The molecule has 0 aliphatic rings. The Labute approximate surface area is 115 Å². The minimum absolute atomic E-state index is 0.00347. The SMILES string of the molecule is C=CC(C)(CNC(=O)OCc1ccccc1)C(F)(F)F. The maximum Gasteiger partial charge on any atom is 0.407 e. The summed E-state index contributed by atoms with van der Waals surface area (Å²) in [4.78, 5) is 11.4. The number of halogens is 3. The quantitative estimate of drug-likeness (QED) is 0.839. The molecule has 0 fully saturated rings. The summed E-state index contributed by atoms with van der Waals surface area (Å²) in [7, 11) is 0. The Morgan fingerprint density at radius 2 is 1.95 bits per heavy atom. The number of alkyl halides is 3. The lowest BCUT2D eigenvalue weighted by atomic mass is 9.90. The molecule has 6 heteroatoms. The molecule has 20 heavy (non-hydrogen) atoms. The van der Waals surface area contributed by atoms with Crippen molar-refractivity contribution in [3.05, 3.63) is 48.6 Å². The molecule has 0 aliphatic heterocycles. The molecule has 0 aromatic heterocycles. The summed E-state index contributed by atoms with van der Waals surface area (Å²) in [6.45, 7) is 3.50. The highest BCUT2D eigenvalue weighted by Gasteiger charge is 2.48. The van der Waals surface area contributed by atoms with Crippen LogP contribution in [0.1, 0.15) is 12.5 Å². The first kappa shape index (κ1) is 16.1. The molecular formula is C14H16F3NO2. The lowest BCUT2D eigenvalue weighted by Crippen LogP contribution is -2.44. The highest BCUT2D eigenvalue weighted by Crippen LogP contribution is 2.38. The van der Waals surface area contributed by atoms with Crippen molar-refractivity contribution in [3.63, 3.8) is 0 Å². The fourth-order valence-corrected chi connectivity index (χ4v) is 1.32. The summed E-state index contributed by atoms with van der Waals surface area (Å²) in [5.41, 5.74) is -1.43. The van der Waals surface area contributed by atoms with E-state index in [1.165, 1.54) is 0 Å². The van der Waals surface area contributed by atoms with E-state index in [0.29, 0.717) is 0 Å². The standard InChI is InChI=1S/C14H16F3NO2/c1-3-13(2,14(15,16)17)10-18-12(19)20-9-11-7-5-4-6-8-11/h3-8H,1,9-10H2,2H3,(H,18,19). The lowest BCUT2D eigenvalue weighted by Gasteiger charge is -2.28. The molecule has 1 aromatic rings. The molecule has 0 spiro atoms. The number of hydrogen-bond donors (Lipinski definition) is 1. The van der Waals surface area contributed by atoms with Crippen LogP contribution < -0.4 is 5.32 Å². The number of carbonyl (C=O) groups is 1. The van der Waals surface area contributed by atoms with E-state index in [4.69, 9.17) is 4.74 Å². The van der Waals surface area contributed by atoms with E-state index < -0.39 is 24.2 Å². The maximum absolute atomic E-state index is 12.7. The predicted molar refractivity (Wildman–Crippen MR) is 69.0 cm³/mol. The van der Waals surface area contributed by atoms with Gasteiger partial charge in [-0.1, -0.05) is 36.4 Å². The van der Waals surface area contributed by atoms with E-state index in [9.17, 15) is 18.0 Å². The van der Waals surface area contributed by atoms with E-state index in [2.05, 4.69) is 11.9 Å². The third kappa shape index (κ3) is 4.29. The molecule has 0 radical (unpaired) electrons. The van der Waals surface area contributed by atoms with Crippen LogP contribution >= 0.6 is 0 Å². The molecule has 0 saturated heterocycles. The van der Waals surface area contributed by atoms with Gasteiger partial charge in [0.25, 0.3) is 0 Å². The van der Waals surface area contributed by atoms with Gasteiger partial charge in [-0.15, -0.1) is 6.58 Å². The van der Waals surface area contributed by atoms with Crippen molar-refractivity contribution >= 4 is 6.09 Å². The van der Waals surface area contributed by atoms with Crippen molar-refractivity contribution in [3.8, 4) is 0 Å². The minimum atomic E-state index is -4.48. The van der Waals surface area contributed by atoms with Crippen LogP contribution in [0.15, 0.2) is 43.0 Å². The first-order valence-corrected chi connectivity index (χ1v) is 5.93. The Morgan fingerprint density at radius 3 is 2.45 bits per heavy atom. The van der Waals surface area contributed by atoms with Gasteiger partial charge in [0.2, 0.25) is 0 Å². The first-order valence-electron chi connectivity index (χ1n) is 5.93. The zero-order valence-corrected chi connectivity index (χ0v) is 11.0. The van der Waals surface area contributed by atoms with Gasteiger partial charge in [-0.2, -0.15) is 13.2 Å². The molecule has 110 valence electrons. The van der Waals surface area contributed by atoms with Crippen molar-refractivity contribution in [2.45, 2.75) is 19.7 Å². The maximum atomic E-state index is 12.7. The molecule has 0 bridgehead atoms. The van der Waals surface area contributed by atoms with E-state index >= 15 is 0 Å². The van der Waals surface area contributed by atoms with E-state index in [0.717, 1.165) is 18.6 Å².